The van der Waals surface area contributed by atoms with E-state index in [0.29, 0.717) is 36.9 Å². The lowest BCUT2D eigenvalue weighted by atomic mass is 10.1. The molecular formula is C21H20N4O6S2. The number of hydrogen-bond acceptors (Lipinski definition) is 9. The molecule has 0 bridgehead atoms. The quantitative estimate of drug-likeness (QED) is 0.359. The first-order valence-corrected chi connectivity index (χ1v) is 11.8. The van der Waals surface area contributed by atoms with Crippen molar-refractivity contribution in [1.82, 2.24) is 10.2 Å². The predicted molar refractivity (Wildman–Crippen MR) is 125 cm³/mol. The Morgan fingerprint density at radius 3 is 2.73 bits per heavy atom. The number of nitro benzene ring substituents is 1. The van der Waals surface area contributed by atoms with E-state index in [4.69, 9.17) is 4.74 Å². The summed E-state index contributed by atoms with van der Waals surface area (Å²) < 4.78 is 5.29. The largest absolute Gasteiger partial charge is 0.378 e. The molecule has 1 aromatic carbocycles. The average Bonchev–Trinajstić information content (AvgIpc) is 3.42. The summed E-state index contributed by atoms with van der Waals surface area (Å²) in [5, 5.41) is 15.7. The van der Waals surface area contributed by atoms with Crippen molar-refractivity contribution in [3.05, 3.63) is 61.2 Å². The van der Waals surface area contributed by atoms with Crippen LogP contribution in [0.5, 0.6) is 0 Å². The minimum absolute atomic E-state index is 0.00609. The van der Waals surface area contributed by atoms with Gasteiger partial charge in [-0.3, -0.25) is 29.4 Å². The molecule has 12 heteroatoms. The summed E-state index contributed by atoms with van der Waals surface area (Å²) >= 11 is 2.32. The number of thiophene rings is 1. The van der Waals surface area contributed by atoms with Gasteiger partial charge in [-0.15, -0.1) is 11.3 Å². The van der Waals surface area contributed by atoms with Gasteiger partial charge < -0.3 is 15.0 Å². The van der Waals surface area contributed by atoms with Gasteiger partial charge in [-0.2, -0.15) is 0 Å². The molecule has 33 heavy (non-hydrogen) atoms. The summed E-state index contributed by atoms with van der Waals surface area (Å²) in [7, 11) is 0. The lowest BCUT2D eigenvalue weighted by Gasteiger charge is -2.28. The van der Waals surface area contributed by atoms with Gasteiger partial charge in [0.2, 0.25) is 0 Å². The van der Waals surface area contributed by atoms with Gasteiger partial charge in [-0.05, 0) is 41.4 Å². The van der Waals surface area contributed by atoms with Crippen LogP contribution in [0.4, 0.5) is 16.2 Å². The van der Waals surface area contributed by atoms with Crippen molar-refractivity contribution in [3.8, 4) is 0 Å². The zero-order valence-corrected chi connectivity index (χ0v) is 19.0. The van der Waals surface area contributed by atoms with Gasteiger partial charge in [0.25, 0.3) is 22.7 Å². The van der Waals surface area contributed by atoms with E-state index in [1.165, 1.54) is 23.5 Å². The second kappa shape index (κ2) is 10.1. The molecule has 2 fully saturated rings. The van der Waals surface area contributed by atoms with Crippen LogP contribution in [-0.2, 0) is 9.53 Å². The Morgan fingerprint density at radius 2 is 2.03 bits per heavy atom. The summed E-state index contributed by atoms with van der Waals surface area (Å²) in [5.41, 5.74) is 0.412. The number of carbonyl (C=O) groups is 3. The summed E-state index contributed by atoms with van der Waals surface area (Å²) in [6.07, 6.45) is 1.67. The molecule has 10 nitrogen and oxygen atoms in total. The van der Waals surface area contributed by atoms with E-state index in [1.807, 2.05) is 22.4 Å². The van der Waals surface area contributed by atoms with Gasteiger partial charge in [-0.25, -0.2) is 0 Å². The monoisotopic (exact) mass is 488 g/mol. The number of ether oxygens (including phenoxy) is 1. The maximum atomic E-state index is 12.5. The topological polar surface area (TPSA) is 122 Å². The fourth-order valence-corrected chi connectivity index (χ4v) is 5.05. The Hall–Kier alpha value is -3.22. The van der Waals surface area contributed by atoms with E-state index >= 15 is 0 Å². The van der Waals surface area contributed by atoms with Gasteiger partial charge in [0.05, 0.1) is 23.0 Å². The zero-order valence-electron chi connectivity index (χ0n) is 17.4. The molecule has 172 valence electrons. The van der Waals surface area contributed by atoms with Crippen molar-refractivity contribution in [2.75, 3.05) is 44.3 Å². The predicted octanol–water partition coefficient (Wildman–Crippen LogP) is 2.96. The standard InChI is InChI=1S/C21H20N4O6S2/c26-19(14-3-4-16(17(12-14)25(29)30)23-7-9-31-10-8-23)22-5-6-24-20(27)18(33-21(24)28)13-15-2-1-11-32-15/h1-4,11-13H,5-10H2,(H,22,26). The number of benzene rings is 1. The maximum Gasteiger partial charge on any atom is 0.293 e. The third kappa shape index (κ3) is 5.24. The van der Waals surface area contributed by atoms with Crippen molar-refractivity contribution >= 4 is 57.6 Å². The third-order valence-electron chi connectivity index (χ3n) is 5.10. The molecule has 1 aromatic heterocycles. The molecule has 2 aromatic rings. The first-order chi connectivity index (χ1) is 15.9. The van der Waals surface area contributed by atoms with Gasteiger partial charge in [-0.1, -0.05) is 6.07 Å². The summed E-state index contributed by atoms with van der Waals surface area (Å²) in [4.78, 5) is 52.5. The number of nitrogens with zero attached hydrogens (tertiary/aromatic N) is 3. The highest BCUT2D eigenvalue weighted by atomic mass is 32.2. The van der Waals surface area contributed by atoms with Gasteiger partial charge in [0, 0.05) is 42.7 Å². The van der Waals surface area contributed by atoms with E-state index in [9.17, 15) is 24.5 Å². The molecule has 2 aliphatic heterocycles. The molecular weight excluding hydrogens is 468 g/mol. The number of rotatable bonds is 7. The molecule has 2 saturated heterocycles. The average molecular weight is 489 g/mol. The minimum Gasteiger partial charge on any atom is -0.378 e. The molecule has 0 aliphatic carbocycles. The summed E-state index contributed by atoms with van der Waals surface area (Å²) in [6.45, 7) is 2.07. The van der Waals surface area contributed by atoms with Crippen LogP contribution in [0.25, 0.3) is 6.08 Å². The maximum absolute atomic E-state index is 12.5. The second-order valence-corrected chi connectivity index (χ2v) is 9.14. The number of thioether (sulfide) groups is 1. The van der Waals surface area contributed by atoms with E-state index in [0.717, 1.165) is 21.5 Å². The normalized spacial score (nSPS) is 17.6. The number of anilines is 1. The van der Waals surface area contributed by atoms with Crippen molar-refractivity contribution in [3.63, 3.8) is 0 Å². The van der Waals surface area contributed by atoms with Gasteiger partial charge in [0.15, 0.2) is 0 Å². The minimum atomic E-state index is -0.521. The van der Waals surface area contributed by atoms with Crippen LogP contribution in [0.3, 0.4) is 0 Å². The molecule has 3 amide bonds. The van der Waals surface area contributed by atoms with Crippen LogP contribution >= 0.6 is 23.1 Å². The number of nitrogens with one attached hydrogen (secondary N) is 1. The van der Waals surface area contributed by atoms with Crippen molar-refractivity contribution in [2.24, 2.45) is 0 Å². The van der Waals surface area contributed by atoms with Crippen molar-refractivity contribution in [2.45, 2.75) is 0 Å². The van der Waals surface area contributed by atoms with Crippen LogP contribution in [0.2, 0.25) is 0 Å². The highest BCUT2D eigenvalue weighted by Crippen LogP contribution is 2.33. The number of nitro groups is 1. The molecule has 1 N–H and O–H groups in total. The molecule has 0 spiro atoms. The molecule has 0 atom stereocenters. The first-order valence-electron chi connectivity index (χ1n) is 10.1. The van der Waals surface area contributed by atoms with Crippen LogP contribution in [0.15, 0.2) is 40.6 Å². The smallest absolute Gasteiger partial charge is 0.293 e. The summed E-state index contributed by atoms with van der Waals surface area (Å²) in [5.74, 6) is -0.925. The molecule has 0 saturated carbocycles. The number of morpholine rings is 1. The molecule has 2 aliphatic rings. The third-order valence-corrected chi connectivity index (χ3v) is 6.82. The van der Waals surface area contributed by atoms with Crippen molar-refractivity contribution < 1.29 is 24.0 Å². The van der Waals surface area contributed by atoms with Crippen molar-refractivity contribution in [1.29, 1.82) is 0 Å². The highest BCUT2D eigenvalue weighted by Gasteiger charge is 2.34. The lowest BCUT2D eigenvalue weighted by Crippen LogP contribution is -2.37. The summed E-state index contributed by atoms with van der Waals surface area (Å²) in [6, 6.07) is 8.03. The Morgan fingerprint density at radius 1 is 1.24 bits per heavy atom. The lowest BCUT2D eigenvalue weighted by molar-refractivity contribution is -0.384. The number of hydrogen-bond donors (Lipinski definition) is 1. The van der Waals surface area contributed by atoms with Crippen LogP contribution in [0, 0.1) is 10.1 Å². The fraction of sp³-hybridized carbons (Fsp3) is 0.286. The van der Waals surface area contributed by atoms with Crippen LogP contribution < -0.4 is 10.2 Å². The van der Waals surface area contributed by atoms with E-state index in [2.05, 4.69) is 5.32 Å². The Labute approximate surface area is 197 Å². The molecule has 4 rings (SSSR count). The number of imide groups is 1. The Balaban J connectivity index is 1.38. The van der Waals surface area contributed by atoms with E-state index < -0.39 is 22.0 Å². The Bertz CT molecular complexity index is 1110. The number of amides is 3. The molecule has 3 heterocycles. The SMILES string of the molecule is O=C(NCCN1C(=O)SC(=Cc2cccs2)C1=O)c1ccc(N2CCOCC2)c([N+](=O)[O-])c1. The Kier molecular flexibility index (Phi) is 7.06. The van der Waals surface area contributed by atoms with Crippen LogP contribution in [0.1, 0.15) is 15.2 Å². The van der Waals surface area contributed by atoms with E-state index in [1.54, 1.807) is 12.1 Å². The fourth-order valence-electron chi connectivity index (χ4n) is 3.46. The van der Waals surface area contributed by atoms with E-state index in [-0.39, 0.29) is 24.3 Å². The van der Waals surface area contributed by atoms with Crippen LogP contribution in [-0.4, -0.2) is 66.3 Å². The zero-order chi connectivity index (χ0) is 23.4. The second-order valence-electron chi connectivity index (χ2n) is 7.16. The highest BCUT2D eigenvalue weighted by molar-refractivity contribution is 8.18. The number of carbonyl (C=O) groups excluding carboxylic acids is 3. The van der Waals surface area contributed by atoms with Gasteiger partial charge >= 0.3 is 0 Å². The molecule has 0 radical (unpaired) electrons. The first kappa shape index (κ1) is 23.0. The van der Waals surface area contributed by atoms with Gasteiger partial charge in [0.1, 0.15) is 5.69 Å². The molecule has 0 unspecified atom stereocenters.